The van der Waals surface area contributed by atoms with E-state index in [0.29, 0.717) is 0 Å². The largest absolute Gasteiger partial charge is 0.341 e. The van der Waals surface area contributed by atoms with Gasteiger partial charge in [-0.3, -0.25) is 0 Å². The number of para-hydroxylation sites is 4. The minimum absolute atomic E-state index is 0.0534. The van der Waals surface area contributed by atoms with Crippen LogP contribution in [0.4, 0.5) is 28.4 Å². The molecule has 1 aliphatic carbocycles. The molecule has 256 valence electrons. The number of anilines is 5. The second-order valence-electron chi connectivity index (χ2n) is 15.4. The number of hydrogen-bond acceptors (Lipinski definition) is 2. The number of rotatable bonds is 3. The lowest BCUT2D eigenvalue weighted by Crippen LogP contribution is -2.24. The Bertz CT molecular complexity index is 2950. The third-order valence-corrected chi connectivity index (χ3v) is 12.2. The molecule has 1 aliphatic heterocycles. The molecule has 2 aliphatic rings. The summed E-state index contributed by atoms with van der Waals surface area (Å²) in [6.45, 7) is 4.72. The zero-order valence-electron chi connectivity index (χ0n) is 30.6. The van der Waals surface area contributed by atoms with E-state index in [1.807, 2.05) is 0 Å². The first-order chi connectivity index (χ1) is 26.5. The molecule has 0 amide bonds. The highest BCUT2D eigenvalue weighted by Crippen LogP contribution is 2.56. The average molecular weight is 691 g/mol. The van der Waals surface area contributed by atoms with Gasteiger partial charge < -0.3 is 9.80 Å². The molecule has 0 fully saturated rings. The highest BCUT2D eigenvalue weighted by molar-refractivity contribution is 6.24. The Morgan fingerprint density at radius 3 is 1.72 bits per heavy atom. The lowest BCUT2D eigenvalue weighted by molar-refractivity contribution is 0.660. The molecule has 0 aromatic heterocycles. The Labute approximate surface area is 316 Å². The van der Waals surface area contributed by atoms with Crippen molar-refractivity contribution in [2.75, 3.05) is 16.8 Å². The van der Waals surface area contributed by atoms with Gasteiger partial charge in [0.05, 0.1) is 28.4 Å². The zero-order chi connectivity index (χ0) is 36.1. The van der Waals surface area contributed by atoms with Gasteiger partial charge in [0.1, 0.15) is 0 Å². The van der Waals surface area contributed by atoms with Crippen molar-refractivity contribution in [2.24, 2.45) is 0 Å². The predicted molar refractivity (Wildman–Crippen MR) is 230 cm³/mol. The maximum absolute atomic E-state index is 2.51. The molecule has 0 spiro atoms. The lowest BCUT2D eigenvalue weighted by atomic mass is 9.81. The van der Waals surface area contributed by atoms with Crippen LogP contribution < -0.4 is 9.80 Å². The van der Waals surface area contributed by atoms with Crippen molar-refractivity contribution < 1.29 is 0 Å². The Balaban J connectivity index is 1.27. The number of nitrogens with zero attached hydrogens (tertiary/aromatic N) is 2. The molecule has 9 aromatic carbocycles. The van der Waals surface area contributed by atoms with Crippen molar-refractivity contribution in [3.63, 3.8) is 0 Å². The van der Waals surface area contributed by atoms with Crippen LogP contribution in [-0.2, 0) is 5.41 Å². The summed E-state index contributed by atoms with van der Waals surface area (Å²) in [5, 5.41) is 7.46. The van der Waals surface area contributed by atoms with E-state index in [1.165, 1.54) is 105 Å². The minimum atomic E-state index is -0.0534. The Kier molecular flexibility index (Phi) is 6.55. The molecule has 0 saturated carbocycles. The van der Waals surface area contributed by atoms with E-state index >= 15 is 0 Å². The second kappa shape index (κ2) is 11.4. The molecule has 2 heteroatoms. The van der Waals surface area contributed by atoms with Gasteiger partial charge in [-0.15, -0.1) is 0 Å². The third kappa shape index (κ3) is 4.28. The predicted octanol–water partition coefficient (Wildman–Crippen LogP) is 14.3. The molecule has 0 saturated heterocycles. The summed E-state index contributed by atoms with van der Waals surface area (Å²) in [4.78, 5) is 4.83. The molecule has 0 radical (unpaired) electrons. The summed E-state index contributed by atoms with van der Waals surface area (Å²) in [7, 11) is 2.18. The Morgan fingerprint density at radius 1 is 0.389 bits per heavy atom. The number of fused-ring (bicyclic) bond motifs is 8. The van der Waals surface area contributed by atoms with Crippen molar-refractivity contribution in [3.8, 4) is 33.4 Å². The molecule has 0 atom stereocenters. The van der Waals surface area contributed by atoms with Gasteiger partial charge in [-0.1, -0.05) is 153 Å². The highest BCUT2D eigenvalue weighted by atomic mass is 15.3. The van der Waals surface area contributed by atoms with Gasteiger partial charge in [0.15, 0.2) is 0 Å². The fourth-order valence-electron chi connectivity index (χ4n) is 9.60. The van der Waals surface area contributed by atoms with E-state index in [0.717, 1.165) is 0 Å². The lowest BCUT2D eigenvalue weighted by Gasteiger charge is -2.39. The second-order valence-corrected chi connectivity index (χ2v) is 15.4. The summed E-state index contributed by atoms with van der Waals surface area (Å²) < 4.78 is 0. The average Bonchev–Trinajstić information content (AvgIpc) is 3.45. The normalized spacial score (nSPS) is 13.9. The first-order valence-corrected chi connectivity index (χ1v) is 18.9. The first-order valence-electron chi connectivity index (χ1n) is 18.9. The van der Waals surface area contributed by atoms with E-state index in [2.05, 4.69) is 207 Å². The van der Waals surface area contributed by atoms with E-state index in [4.69, 9.17) is 0 Å². The summed E-state index contributed by atoms with van der Waals surface area (Å²) in [6, 6.07) is 65.4. The van der Waals surface area contributed by atoms with Crippen LogP contribution in [0.5, 0.6) is 0 Å². The van der Waals surface area contributed by atoms with E-state index in [1.54, 1.807) is 0 Å². The molecule has 11 rings (SSSR count). The molecular weight excluding hydrogens is 653 g/mol. The van der Waals surface area contributed by atoms with Gasteiger partial charge in [-0.05, 0) is 102 Å². The topological polar surface area (TPSA) is 6.48 Å². The first kappa shape index (κ1) is 30.9. The maximum atomic E-state index is 2.51. The van der Waals surface area contributed by atoms with Gasteiger partial charge in [0.25, 0.3) is 0 Å². The number of hydrogen-bond donors (Lipinski definition) is 0. The SMILES string of the molecule is CN1c2ccccc2N(c2c3ccccc3c(-c3ccc4c(c3)-c3ccccc3C4(C)C)c3cc(-c4cccc5ccccc45)ccc23)c2ccccc21. The van der Waals surface area contributed by atoms with Crippen LogP contribution in [-0.4, -0.2) is 7.05 Å². The maximum Gasteiger partial charge on any atom is 0.0700 e. The molecule has 1 heterocycles. The number of benzene rings is 9. The third-order valence-electron chi connectivity index (χ3n) is 12.2. The van der Waals surface area contributed by atoms with Crippen LogP contribution in [0.3, 0.4) is 0 Å². The fourth-order valence-corrected chi connectivity index (χ4v) is 9.60. The molecule has 0 bridgehead atoms. The van der Waals surface area contributed by atoms with E-state index in [9.17, 15) is 0 Å². The monoisotopic (exact) mass is 690 g/mol. The quantitative estimate of drug-likeness (QED) is 0.170. The van der Waals surface area contributed by atoms with Crippen molar-refractivity contribution in [2.45, 2.75) is 19.3 Å². The minimum Gasteiger partial charge on any atom is -0.341 e. The summed E-state index contributed by atoms with van der Waals surface area (Å²) in [5.74, 6) is 0. The van der Waals surface area contributed by atoms with Crippen molar-refractivity contribution in [3.05, 3.63) is 187 Å². The molecular formula is C52H38N2. The van der Waals surface area contributed by atoms with Crippen LogP contribution in [0.1, 0.15) is 25.0 Å². The van der Waals surface area contributed by atoms with Gasteiger partial charge in [-0.2, -0.15) is 0 Å². The van der Waals surface area contributed by atoms with Gasteiger partial charge >= 0.3 is 0 Å². The molecule has 2 nitrogen and oxygen atoms in total. The van der Waals surface area contributed by atoms with Crippen molar-refractivity contribution in [1.29, 1.82) is 0 Å². The molecule has 0 N–H and O–H groups in total. The van der Waals surface area contributed by atoms with Crippen LogP contribution in [0.25, 0.3) is 65.7 Å². The smallest absolute Gasteiger partial charge is 0.0700 e. The van der Waals surface area contributed by atoms with Crippen LogP contribution >= 0.6 is 0 Å². The van der Waals surface area contributed by atoms with Crippen molar-refractivity contribution >= 4 is 60.8 Å². The highest BCUT2D eigenvalue weighted by Gasteiger charge is 2.36. The summed E-state index contributed by atoms with van der Waals surface area (Å²) >= 11 is 0. The van der Waals surface area contributed by atoms with E-state index in [-0.39, 0.29) is 5.41 Å². The molecule has 0 unspecified atom stereocenters. The van der Waals surface area contributed by atoms with Gasteiger partial charge in [0.2, 0.25) is 0 Å². The molecule has 54 heavy (non-hydrogen) atoms. The van der Waals surface area contributed by atoms with Crippen LogP contribution in [0.15, 0.2) is 176 Å². The molecule has 9 aromatic rings. The summed E-state index contributed by atoms with van der Waals surface area (Å²) in [5.41, 5.74) is 16.3. The van der Waals surface area contributed by atoms with Gasteiger partial charge in [-0.25, -0.2) is 0 Å². The Morgan fingerprint density at radius 2 is 0.944 bits per heavy atom. The summed E-state index contributed by atoms with van der Waals surface area (Å²) in [6.07, 6.45) is 0. The van der Waals surface area contributed by atoms with Crippen LogP contribution in [0.2, 0.25) is 0 Å². The standard InChI is InChI=1S/C52H38N2/c1-52(2)44-22-9-8-18-38(44)42-32-35(28-30-45(42)52)50-39-19-6-7-20-40(39)51(54-48-25-12-10-23-46(48)53(3)47-24-11-13-26-49(47)54)41-29-27-34(31-43(41)50)37-21-14-16-33-15-4-5-17-36(33)37/h4-32H,1-3H3. The van der Waals surface area contributed by atoms with Crippen LogP contribution in [0, 0.1) is 0 Å². The Hall–Kier alpha value is -6.64. The van der Waals surface area contributed by atoms with Crippen molar-refractivity contribution in [1.82, 2.24) is 0 Å². The zero-order valence-corrected chi connectivity index (χ0v) is 30.6. The van der Waals surface area contributed by atoms with Gasteiger partial charge in [0, 0.05) is 23.2 Å². The fraction of sp³-hybridized carbons (Fsp3) is 0.0769. The van der Waals surface area contributed by atoms with E-state index < -0.39 is 0 Å².